The van der Waals surface area contributed by atoms with Crippen LogP contribution in [0.15, 0.2) is 18.3 Å². The highest BCUT2D eigenvalue weighted by Crippen LogP contribution is 2.23. The van der Waals surface area contributed by atoms with E-state index in [-0.39, 0.29) is 0 Å². The van der Waals surface area contributed by atoms with Crippen LogP contribution in [0.3, 0.4) is 0 Å². The topological polar surface area (TPSA) is 53.1 Å². The molecule has 0 saturated heterocycles. The maximum absolute atomic E-state index is 5.64. The molecule has 1 aromatic heterocycles. The molecular formula is C10H13N3O. The highest BCUT2D eigenvalue weighted by atomic mass is 16.5. The van der Waals surface area contributed by atoms with Crippen LogP contribution in [0.2, 0.25) is 0 Å². The minimum absolute atomic E-state index is 0.477. The first-order chi connectivity index (χ1) is 6.74. The van der Waals surface area contributed by atoms with Gasteiger partial charge in [0, 0.05) is 25.2 Å². The summed E-state index contributed by atoms with van der Waals surface area (Å²) in [4.78, 5) is 0. The van der Waals surface area contributed by atoms with Crippen LogP contribution in [-0.4, -0.2) is 16.9 Å². The summed E-state index contributed by atoms with van der Waals surface area (Å²) in [6.07, 6.45) is 1.96. The third kappa shape index (κ3) is 1.33. The second-order valence-electron chi connectivity index (χ2n) is 3.23. The molecule has 2 rings (SSSR count). The summed E-state index contributed by atoms with van der Waals surface area (Å²) in [5.41, 5.74) is 7.61. The zero-order valence-electron chi connectivity index (χ0n) is 8.32. The highest BCUT2D eigenvalue weighted by Gasteiger charge is 2.06. The van der Waals surface area contributed by atoms with Gasteiger partial charge < -0.3 is 10.5 Å². The molecule has 0 fully saturated rings. The number of hydrogen-bond donors (Lipinski definition) is 1. The van der Waals surface area contributed by atoms with Gasteiger partial charge in [0.15, 0.2) is 0 Å². The molecule has 1 aromatic carbocycles. The van der Waals surface area contributed by atoms with Gasteiger partial charge in [-0.1, -0.05) is 0 Å². The Balaban J connectivity index is 2.72. The molecule has 4 nitrogen and oxygen atoms in total. The Labute approximate surface area is 82.3 Å². The van der Waals surface area contributed by atoms with Crippen molar-refractivity contribution in [2.75, 3.05) is 7.11 Å². The van der Waals surface area contributed by atoms with Crippen molar-refractivity contribution in [3.8, 4) is 5.75 Å². The second kappa shape index (κ2) is 3.31. The molecule has 0 unspecified atom stereocenters. The minimum atomic E-state index is 0.477. The number of benzene rings is 1. The van der Waals surface area contributed by atoms with Crippen LogP contribution in [0.25, 0.3) is 10.9 Å². The summed E-state index contributed by atoms with van der Waals surface area (Å²) in [6.45, 7) is 0.477. The Morgan fingerprint density at radius 2 is 2.29 bits per heavy atom. The van der Waals surface area contributed by atoms with Gasteiger partial charge in [-0.15, -0.1) is 0 Å². The Hall–Kier alpha value is -1.55. The zero-order chi connectivity index (χ0) is 10.1. The van der Waals surface area contributed by atoms with Crippen LogP contribution in [0.4, 0.5) is 0 Å². The summed E-state index contributed by atoms with van der Waals surface area (Å²) in [5, 5.41) is 5.40. The standard InChI is InChI=1S/C10H13N3O/c1-13-6-8-4-9(14-2)3-7(5-11)10(8)12-13/h3-4,6H,5,11H2,1-2H3. The van der Waals surface area contributed by atoms with Gasteiger partial charge in [-0.2, -0.15) is 5.10 Å². The number of nitrogens with zero attached hydrogens (tertiary/aromatic N) is 2. The lowest BCUT2D eigenvalue weighted by molar-refractivity contribution is 0.415. The predicted molar refractivity (Wildman–Crippen MR) is 55.2 cm³/mol. The van der Waals surface area contributed by atoms with Gasteiger partial charge in [-0.25, -0.2) is 0 Å². The molecular weight excluding hydrogens is 178 g/mol. The molecule has 74 valence electrons. The molecule has 0 radical (unpaired) electrons. The predicted octanol–water partition coefficient (Wildman–Crippen LogP) is 1.04. The lowest BCUT2D eigenvalue weighted by Crippen LogP contribution is -1.98. The molecule has 0 aliphatic heterocycles. The molecule has 2 N–H and O–H groups in total. The van der Waals surface area contributed by atoms with Crippen molar-refractivity contribution in [3.05, 3.63) is 23.9 Å². The normalized spacial score (nSPS) is 10.8. The molecule has 2 aromatic rings. The van der Waals surface area contributed by atoms with E-state index in [9.17, 15) is 0 Å². The van der Waals surface area contributed by atoms with E-state index in [0.717, 1.165) is 22.2 Å². The van der Waals surface area contributed by atoms with Crippen molar-refractivity contribution in [2.24, 2.45) is 12.8 Å². The first-order valence-corrected chi connectivity index (χ1v) is 4.45. The Kier molecular flexibility index (Phi) is 2.13. The first-order valence-electron chi connectivity index (χ1n) is 4.45. The number of hydrogen-bond acceptors (Lipinski definition) is 3. The van der Waals surface area contributed by atoms with E-state index in [1.54, 1.807) is 11.8 Å². The molecule has 0 bridgehead atoms. The van der Waals surface area contributed by atoms with Gasteiger partial charge in [0.05, 0.1) is 12.6 Å². The molecule has 4 heteroatoms. The smallest absolute Gasteiger partial charge is 0.119 e. The summed E-state index contributed by atoms with van der Waals surface area (Å²) >= 11 is 0. The van der Waals surface area contributed by atoms with Crippen LogP contribution < -0.4 is 10.5 Å². The fourth-order valence-electron chi connectivity index (χ4n) is 1.57. The van der Waals surface area contributed by atoms with Crippen molar-refractivity contribution in [1.82, 2.24) is 9.78 Å². The highest BCUT2D eigenvalue weighted by molar-refractivity contribution is 5.83. The van der Waals surface area contributed by atoms with Crippen LogP contribution in [-0.2, 0) is 13.6 Å². The van der Waals surface area contributed by atoms with Crippen LogP contribution in [0.1, 0.15) is 5.56 Å². The number of methoxy groups -OCH3 is 1. The van der Waals surface area contributed by atoms with Crippen molar-refractivity contribution >= 4 is 10.9 Å². The van der Waals surface area contributed by atoms with E-state index < -0.39 is 0 Å². The molecule has 1 heterocycles. The third-order valence-corrected chi connectivity index (χ3v) is 2.23. The summed E-state index contributed by atoms with van der Waals surface area (Å²) in [7, 11) is 3.55. The number of nitrogens with two attached hydrogens (primary N) is 1. The molecule has 0 atom stereocenters. The number of aromatic nitrogens is 2. The number of ether oxygens (including phenoxy) is 1. The summed E-state index contributed by atoms with van der Waals surface area (Å²) < 4.78 is 6.96. The van der Waals surface area contributed by atoms with E-state index in [2.05, 4.69) is 5.10 Å². The average molecular weight is 191 g/mol. The first kappa shape index (κ1) is 9.02. The fourth-order valence-corrected chi connectivity index (χ4v) is 1.57. The monoisotopic (exact) mass is 191 g/mol. The molecule has 14 heavy (non-hydrogen) atoms. The molecule has 0 aliphatic carbocycles. The Morgan fingerprint density at radius 1 is 1.50 bits per heavy atom. The van der Waals surface area contributed by atoms with Crippen molar-refractivity contribution < 1.29 is 4.74 Å². The number of rotatable bonds is 2. The molecule has 0 saturated carbocycles. The van der Waals surface area contributed by atoms with Crippen LogP contribution in [0, 0.1) is 0 Å². The van der Waals surface area contributed by atoms with Crippen LogP contribution in [0.5, 0.6) is 5.75 Å². The molecule has 0 spiro atoms. The van der Waals surface area contributed by atoms with E-state index in [1.165, 1.54) is 0 Å². The quantitative estimate of drug-likeness (QED) is 0.771. The van der Waals surface area contributed by atoms with E-state index in [4.69, 9.17) is 10.5 Å². The van der Waals surface area contributed by atoms with E-state index in [0.29, 0.717) is 6.54 Å². The van der Waals surface area contributed by atoms with Gasteiger partial charge >= 0.3 is 0 Å². The lowest BCUT2D eigenvalue weighted by Gasteiger charge is -2.02. The van der Waals surface area contributed by atoms with E-state index >= 15 is 0 Å². The van der Waals surface area contributed by atoms with E-state index in [1.807, 2.05) is 25.4 Å². The second-order valence-corrected chi connectivity index (χ2v) is 3.23. The SMILES string of the molecule is COc1cc(CN)c2nn(C)cc2c1. The van der Waals surface area contributed by atoms with Gasteiger partial charge in [0.2, 0.25) is 0 Å². The van der Waals surface area contributed by atoms with Gasteiger partial charge in [0.1, 0.15) is 5.75 Å². The maximum Gasteiger partial charge on any atom is 0.119 e. The number of aryl methyl sites for hydroxylation is 1. The van der Waals surface area contributed by atoms with Crippen molar-refractivity contribution in [1.29, 1.82) is 0 Å². The molecule has 0 aliphatic rings. The van der Waals surface area contributed by atoms with Crippen LogP contribution >= 0.6 is 0 Å². The van der Waals surface area contributed by atoms with Crippen molar-refractivity contribution in [2.45, 2.75) is 6.54 Å². The lowest BCUT2D eigenvalue weighted by atomic mass is 10.1. The van der Waals surface area contributed by atoms with Gasteiger partial charge in [0.25, 0.3) is 0 Å². The van der Waals surface area contributed by atoms with Gasteiger partial charge in [-0.3, -0.25) is 4.68 Å². The summed E-state index contributed by atoms with van der Waals surface area (Å²) in [5.74, 6) is 0.825. The summed E-state index contributed by atoms with van der Waals surface area (Å²) in [6, 6.07) is 3.89. The third-order valence-electron chi connectivity index (χ3n) is 2.23. The Morgan fingerprint density at radius 3 is 2.93 bits per heavy atom. The van der Waals surface area contributed by atoms with Crippen molar-refractivity contribution in [3.63, 3.8) is 0 Å². The minimum Gasteiger partial charge on any atom is -0.497 e. The van der Waals surface area contributed by atoms with Gasteiger partial charge in [-0.05, 0) is 17.7 Å². The largest absolute Gasteiger partial charge is 0.497 e. The fraction of sp³-hybridized carbons (Fsp3) is 0.300. The molecule has 0 amide bonds. The zero-order valence-corrected chi connectivity index (χ0v) is 8.32. The maximum atomic E-state index is 5.64. The Bertz CT molecular complexity index is 462. The number of fused-ring (bicyclic) bond motifs is 1. The average Bonchev–Trinajstić information content (AvgIpc) is 2.56.